The molecule has 0 aliphatic carbocycles. The summed E-state index contributed by atoms with van der Waals surface area (Å²) in [6.45, 7) is 2.09. The van der Waals surface area contributed by atoms with Crippen molar-refractivity contribution in [2.45, 2.75) is 19.4 Å². The van der Waals surface area contributed by atoms with E-state index in [1.165, 1.54) is 17.1 Å². The molecule has 3 heterocycles. The van der Waals surface area contributed by atoms with Crippen LogP contribution in [0.1, 0.15) is 28.3 Å². The Hall–Kier alpha value is -5.11. The molecule has 2 aromatic carbocycles. The summed E-state index contributed by atoms with van der Waals surface area (Å²) >= 11 is 0. The molecule has 0 fully saturated rings. The molecule has 0 saturated heterocycles. The Balaban J connectivity index is 1.63. The van der Waals surface area contributed by atoms with Gasteiger partial charge in [-0.2, -0.15) is 15.5 Å². The van der Waals surface area contributed by atoms with E-state index in [-0.39, 0.29) is 23.7 Å². The molecular formula is C25H21N7O4. The third-order valence-corrected chi connectivity index (χ3v) is 6.03. The Kier molecular flexibility index (Phi) is 5.62. The van der Waals surface area contributed by atoms with E-state index in [1.54, 1.807) is 17.9 Å². The number of ether oxygens (including phenoxy) is 2. The first-order chi connectivity index (χ1) is 17.4. The fourth-order valence-corrected chi connectivity index (χ4v) is 4.40. The standard InChI is InChI=1S/C25H21N7O4/c1-15-22-23(20(11-26)24(27)36-25(22)31(29-15)18-6-4-3-5-7-18)16-8-9-21(35-2)17(10-16)13-30-14-19(12-28-30)32(33)34/h3-10,12,14,23H,13,27H2,1-2H3/t23-/m0/s1. The van der Waals surface area contributed by atoms with E-state index in [1.807, 2.05) is 49.4 Å². The van der Waals surface area contributed by atoms with Crippen LogP contribution in [-0.2, 0) is 6.54 Å². The van der Waals surface area contributed by atoms with Crippen LogP contribution in [0.15, 0.2) is 72.4 Å². The highest BCUT2D eigenvalue weighted by Gasteiger charge is 2.36. The zero-order chi connectivity index (χ0) is 25.4. The zero-order valence-electron chi connectivity index (χ0n) is 19.5. The molecule has 2 aromatic heterocycles. The van der Waals surface area contributed by atoms with Crippen molar-refractivity contribution in [1.82, 2.24) is 19.6 Å². The molecule has 0 radical (unpaired) electrons. The molecule has 0 bridgehead atoms. The lowest BCUT2D eigenvalue weighted by Crippen LogP contribution is -2.22. The second kappa shape index (κ2) is 8.92. The summed E-state index contributed by atoms with van der Waals surface area (Å²) in [6.07, 6.45) is 2.55. The van der Waals surface area contributed by atoms with Gasteiger partial charge in [-0.3, -0.25) is 14.8 Å². The highest BCUT2D eigenvalue weighted by molar-refractivity contribution is 5.58. The van der Waals surface area contributed by atoms with E-state index >= 15 is 0 Å². The lowest BCUT2D eigenvalue weighted by molar-refractivity contribution is -0.385. The van der Waals surface area contributed by atoms with Crippen LogP contribution in [0, 0.1) is 28.4 Å². The van der Waals surface area contributed by atoms with Gasteiger partial charge in [-0.05, 0) is 36.8 Å². The SMILES string of the molecule is COc1ccc([C@H]2C(C#N)=C(N)Oc3c2c(C)nn3-c2ccccc2)cc1Cn1cc([N+](=O)[O-])cn1. The third kappa shape index (κ3) is 3.80. The Morgan fingerprint density at radius 1 is 1.28 bits per heavy atom. The van der Waals surface area contributed by atoms with Gasteiger partial charge >= 0.3 is 5.69 Å². The van der Waals surface area contributed by atoms with Gasteiger partial charge in [0.2, 0.25) is 11.8 Å². The van der Waals surface area contributed by atoms with E-state index in [0.717, 1.165) is 22.4 Å². The molecule has 0 saturated carbocycles. The van der Waals surface area contributed by atoms with Crippen molar-refractivity contribution in [3.8, 4) is 23.4 Å². The van der Waals surface area contributed by atoms with Gasteiger partial charge in [-0.1, -0.05) is 24.3 Å². The number of allylic oxidation sites excluding steroid dienone is 1. The Bertz CT molecular complexity index is 1550. The number of para-hydroxylation sites is 1. The Morgan fingerprint density at radius 2 is 2.06 bits per heavy atom. The minimum Gasteiger partial charge on any atom is -0.496 e. The van der Waals surface area contributed by atoms with Gasteiger partial charge in [0, 0.05) is 5.56 Å². The van der Waals surface area contributed by atoms with Gasteiger partial charge in [0.05, 0.1) is 41.4 Å². The number of nitriles is 1. The number of benzene rings is 2. The Labute approximate surface area is 205 Å². The molecule has 0 unspecified atom stereocenters. The molecule has 11 nitrogen and oxygen atoms in total. The zero-order valence-corrected chi connectivity index (χ0v) is 19.5. The molecule has 1 atom stereocenters. The van der Waals surface area contributed by atoms with Crippen molar-refractivity contribution in [1.29, 1.82) is 5.26 Å². The molecule has 2 N–H and O–H groups in total. The van der Waals surface area contributed by atoms with E-state index < -0.39 is 10.8 Å². The summed E-state index contributed by atoms with van der Waals surface area (Å²) in [4.78, 5) is 10.6. The lowest BCUT2D eigenvalue weighted by Gasteiger charge is -2.25. The molecule has 0 amide bonds. The number of nitro groups is 1. The molecule has 11 heteroatoms. The minimum absolute atomic E-state index is 0.00662. The van der Waals surface area contributed by atoms with Crippen LogP contribution in [-0.4, -0.2) is 31.6 Å². The normalized spacial score (nSPS) is 14.6. The fraction of sp³-hybridized carbons (Fsp3) is 0.160. The topological polar surface area (TPSA) is 147 Å². The summed E-state index contributed by atoms with van der Waals surface area (Å²) in [7, 11) is 1.54. The maximum absolute atomic E-state index is 11.1. The van der Waals surface area contributed by atoms with Gasteiger partial charge in [0.1, 0.15) is 29.8 Å². The molecule has 36 heavy (non-hydrogen) atoms. The van der Waals surface area contributed by atoms with Crippen LogP contribution in [0.5, 0.6) is 11.6 Å². The number of rotatable bonds is 6. The summed E-state index contributed by atoms with van der Waals surface area (Å²) in [5, 5.41) is 29.8. The predicted molar refractivity (Wildman–Crippen MR) is 129 cm³/mol. The van der Waals surface area contributed by atoms with Crippen molar-refractivity contribution < 1.29 is 14.4 Å². The number of aryl methyl sites for hydroxylation is 1. The van der Waals surface area contributed by atoms with Crippen molar-refractivity contribution in [3.63, 3.8) is 0 Å². The van der Waals surface area contributed by atoms with Crippen molar-refractivity contribution >= 4 is 5.69 Å². The largest absolute Gasteiger partial charge is 0.496 e. The molecule has 1 aliphatic rings. The highest BCUT2D eigenvalue weighted by Crippen LogP contribution is 2.45. The number of aromatic nitrogens is 4. The first-order valence-electron chi connectivity index (χ1n) is 11.0. The van der Waals surface area contributed by atoms with Crippen LogP contribution in [0.2, 0.25) is 0 Å². The second-order valence-electron chi connectivity index (χ2n) is 8.20. The number of fused-ring (bicyclic) bond motifs is 1. The van der Waals surface area contributed by atoms with Gasteiger partial charge in [-0.15, -0.1) is 0 Å². The molecular weight excluding hydrogens is 462 g/mol. The third-order valence-electron chi connectivity index (χ3n) is 6.03. The van der Waals surface area contributed by atoms with Crippen LogP contribution in [0.25, 0.3) is 5.69 Å². The Morgan fingerprint density at radius 3 is 2.72 bits per heavy atom. The minimum atomic E-state index is -0.534. The van der Waals surface area contributed by atoms with Crippen LogP contribution < -0.4 is 15.2 Å². The first-order valence-corrected chi connectivity index (χ1v) is 11.0. The number of methoxy groups -OCH3 is 1. The number of nitrogens with two attached hydrogens (primary N) is 1. The maximum Gasteiger partial charge on any atom is 0.307 e. The highest BCUT2D eigenvalue weighted by atomic mass is 16.6. The second-order valence-corrected chi connectivity index (χ2v) is 8.20. The molecule has 1 aliphatic heterocycles. The van der Waals surface area contributed by atoms with Crippen molar-refractivity contribution in [3.05, 3.63) is 105 Å². The lowest BCUT2D eigenvalue weighted by atomic mass is 9.83. The van der Waals surface area contributed by atoms with Crippen LogP contribution in [0.3, 0.4) is 0 Å². The molecule has 5 rings (SSSR count). The van der Waals surface area contributed by atoms with Crippen molar-refractivity contribution in [2.75, 3.05) is 7.11 Å². The van der Waals surface area contributed by atoms with Gasteiger partial charge in [0.15, 0.2) is 0 Å². The summed E-state index contributed by atoms with van der Waals surface area (Å²) in [5.74, 6) is 0.497. The number of hydrogen-bond acceptors (Lipinski definition) is 8. The van der Waals surface area contributed by atoms with E-state index in [4.69, 9.17) is 15.2 Å². The maximum atomic E-state index is 11.1. The average molecular weight is 483 g/mol. The summed E-state index contributed by atoms with van der Waals surface area (Å²) in [6, 6.07) is 17.2. The smallest absolute Gasteiger partial charge is 0.307 e. The fourth-order valence-electron chi connectivity index (χ4n) is 4.40. The van der Waals surface area contributed by atoms with E-state index in [2.05, 4.69) is 16.3 Å². The van der Waals surface area contributed by atoms with E-state index in [0.29, 0.717) is 17.3 Å². The predicted octanol–water partition coefficient (Wildman–Crippen LogP) is 3.56. The van der Waals surface area contributed by atoms with Gasteiger partial charge < -0.3 is 15.2 Å². The quantitative estimate of drug-likeness (QED) is 0.323. The monoisotopic (exact) mass is 483 g/mol. The van der Waals surface area contributed by atoms with Gasteiger partial charge in [-0.25, -0.2) is 4.68 Å². The molecule has 4 aromatic rings. The average Bonchev–Trinajstić information content (AvgIpc) is 3.48. The first kappa shape index (κ1) is 22.7. The van der Waals surface area contributed by atoms with Gasteiger partial charge in [0.25, 0.3) is 0 Å². The summed E-state index contributed by atoms with van der Waals surface area (Å²) in [5.41, 5.74) is 10.1. The van der Waals surface area contributed by atoms with Crippen LogP contribution >= 0.6 is 0 Å². The summed E-state index contributed by atoms with van der Waals surface area (Å²) < 4.78 is 14.6. The molecule has 180 valence electrons. The number of hydrogen-bond donors (Lipinski definition) is 1. The van der Waals surface area contributed by atoms with E-state index in [9.17, 15) is 15.4 Å². The number of nitrogens with zero attached hydrogens (tertiary/aromatic N) is 6. The van der Waals surface area contributed by atoms with Crippen molar-refractivity contribution in [2.24, 2.45) is 5.73 Å². The van der Waals surface area contributed by atoms with Crippen LogP contribution in [0.4, 0.5) is 5.69 Å². The molecule has 0 spiro atoms.